The van der Waals surface area contributed by atoms with Gasteiger partial charge in [-0.3, -0.25) is 0 Å². The van der Waals surface area contributed by atoms with Crippen molar-refractivity contribution in [3.05, 3.63) is 29.3 Å². The number of para-hydroxylation sites is 1. The van der Waals surface area contributed by atoms with Crippen molar-refractivity contribution in [3.8, 4) is 18.1 Å². The average Bonchev–Trinajstić information content (AvgIpc) is 3.01. The Bertz CT molecular complexity index is 394. The van der Waals surface area contributed by atoms with Gasteiger partial charge >= 0.3 is 0 Å². The summed E-state index contributed by atoms with van der Waals surface area (Å²) in [6, 6.07) is 6.11. The molecular formula is C14H16O. The Morgan fingerprint density at radius 2 is 2.13 bits per heavy atom. The maximum Gasteiger partial charge on any atom is 0.138 e. The Balaban J connectivity index is 2.40. The normalized spacial score (nSPS) is 15.1. The molecule has 1 aromatic carbocycles. The van der Waals surface area contributed by atoms with E-state index in [9.17, 15) is 0 Å². The zero-order valence-electron chi connectivity index (χ0n) is 9.29. The number of ether oxygens (including phenoxy) is 1. The highest BCUT2D eigenvalue weighted by atomic mass is 16.5. The summed E-state index contributed by atoms with van der Waals surface area (Å²) in [6.45, 7) is 4.06. The van der Waals surface area contributed by atoms with Crippen molar-refractivity contribution >= 4 is 0 Å². The van der Waals surface area contributed by atoms with Crippen LogP contribution >= 0.6 is 0 Å². The molecule has 0 saturated heterocycles. The van der Waals surface area contributed by atoms with Crippen LogP contribution < -0.4 is 4.74 Å². The number of terminal acetylenes is 1. The molecule has 2 rings (SSSR count). The summed E-state index contributed by atoms with van der Waals surface area (Å²) in [4.78, 5) is 0. The first-order chi connectivity index (χ1) is 7.22. The van der Waals surface area contributed by atoms with E-state index in [0.717, 1.165) is 11.3 Å². The maximum atomic E-state index is 5.83. The number of benzene rings is 1. The second kappa shape index (κ2) is 3.98. The van der Waals surface area contributed by atoms with Crippen molar-refractivity contribution in [1.29, 1.82) is 0 Å². The lowest BCUT2D eigenvalue weighted by atomic mass is 10.1. The first kappa shape index (κ1) is 10.1. The molecule has 1 aliphatic carbocycles. The predicted molar refractivity (Wildman–Crippen MR) is 62.1 cm³/mol. The third-order valence-electron chi connectivity index (χ3n) is 2.57. The zero-order chi connectivity index (χ0) is 10.8. The Morgan fingerprint density at radius 3 is 2.67 bits per heavy atom. The van der Waals surface area contributed by atoms with E-state index in [1.165, 1.54) is 18.4 Å². The molecule has 1 nitrogen and oxygen atoms in total. The van der Waals surface area contributed by atoms with Gasteiger partial charge in [0.05, 0.1) is 11.7 Å². The Labute approximate surface area is 91.5 Å². The molecule has 0 aromatic heterocycles. The third kappa shape index (κ3) is 2.15. The topological polar surface area (TPSA) is 9.23 Å². The van der Waals surface area contributed by atoms with E-state index in [-0.39, 0.29) is 6.10 Å². The molecular weight excluding hydrogens is 184 g/mol. The standard InChI is InChI=1S/C14H16O/c1-4-11-6-5-7-13(12-8-9-12)14(11)15-10(2)3/h1,5-7,10,12H,8-9H2,2-3H3. The smallest absolute Gasteiger partial charge is 0.138 e. The lowest BCUT2D eigenvalue weighted by Crippen LogP contribution is -2.08. The van der Waals surface area contributed by atoms with E-state index >= 15 is 0 Å². The molecule has 1 aliphatic rings. The van der Waals surface area contributed by atoms with Crippen molar-refractivity contribution in [2.75, 3.05) is 0 Å². The molecule has 0 radical (unpaired) electrons. The number of rotatable bonds is 3. The summed E-state index contributed by atoms with van der Waals surface area (Å²) in [6.07, 6.45) is 8.20. The van der Waals surface area contributed by atoms with Crippen molar-refractivity contribution in [3.63, 3.8) is 0 Å². The minimum atomic E-state index is 0.178. The van der Waals surface area contributed by atoms with Crippen LogP contribution in [0, 0.1) is 12.3 Å². The molecule has 78 valence electrons. The third-order valence-corrected chi connectivity index (χ3v) is 2.57. The van der Waals surface area contributed by atoms with Gasteiger partial charge in [0.25, 0.3) is 0 Å². The predicted octanol–water partition coefficient (Wildman–Crippen LogP) is 3.33. The lowest BCUT2D eigenvalue weighted by Gasteiger charge is -2.15. The van der Waals surface area contributed by atoms with Crippen molar-refractivity contribution < 1.29 is 4.74 Å². The second-order valence-electron chi connectivity index (χ2n) is 4.31. The zero-order valence-corrected chi connectivity index (χ0v) is 9.29. The molecule has 0 atom stereocenters. The number of hydrogen-bond donors (Lipinski definition) is 0. The van der Waals surface area contributed by atoms with Gasteiger partial charge in [0.15, 0.2) is 0 Å². The van der Waals surface area contributed by atoms with Crippen LogP contribution in [0.15, 0.2) is 18.2 Å². The summed E-state index contributed by atoms with van der Waals surface area (Å²) < 4.78 is 5.83. The second-order valence-corrected chi connectivity index (χ2v) is 4.31. The lowest BCUT2D eigenvalue weighted by molar-refractivity contribution is 0.239. The summed E-state index contributed by atoms with van der Waals surface area (Å²) in [5.41, 5.74) is 2.17. The Morgan fingerprint density at radius 1 is 1.40 bits per heavy atom. The summed E-state index contributed by atoms with van der Waals surface area (Å²) in [5, 5.41) is 0. The van der Waals surface area contributed by atoms with E-state index in [2.05, 4.69) is 12.0 Å². The van der Waals surface area contributed by atoms with Crippen LogP contribution in [0.4, 0.5) is 0 Å². The van der Waals surface area contributed by atoms with Gasteiger partial charge in [0.1, 0.15) is 5.75 Å². The van der Waals surface area contributed by atoms with E-state index in [4.69, 9.17) is 11.2 Å². The Kier molecular flexibility index (Phi) is 2.68. The average molecular weight is 200 g/mol. The summed E-state index contributed by atoms with van der Waals surface area (Å²) >= 11 is 0. The molecule has 15 heavy (non-hydrogen) atoms. The summed E-state index contributed by atoms with van der Waals surface area (Å²) in [7, 11) is 0. The van der Waals surface area contributed by atoms with Gasteiger partial charge in [-0.2, -0.15) is 0 Å². The molecule has 1 fully saturated rings. The van der Waals surface area contributed by atoms with Gasteiger partial charge in [0.2, 0.25) is 0 Å². The fourth-order valence-electron chi connectivity index (χ4n) is 1.75. The molecule has 1 aromatic rings. The molecule has 0 bridgehead atoms. The maximum absolute atomic E-state index is 5.83. The fraction of sp³-hybridized carbons (Fsp3) is 0.429. The van der Waals surface area contributed by atoms with Crippen LogP contribution in [0.3, 0.4) is 0 Å². The molecule has 0 heterocycles. The van der Waals surface area contributed by atoms with Crippen molar-refractivity contribution in [1.82, 2.24) is 0 Å². The molecule has 0 N–H and O–H groups in total. The highest BCUT2D eigenvalue weighted by Gasteiger charge is 2.27. The van der Waals surface area contributed by atoms with Crippen LogP contribution in [0.2, 0.25) is 0 Å². The highest BCUT2D eigenvalue weighted by Crippen LogP contribution is 2.45. The van der Waals surface area contributed by atoms with E-state index in [0.29, 0.717) is 5.92 Å². The van der Waals surface area contributed by atoms with Crippen molar-refractivity contribution in [2.45, 2.75) is 38.7 Å². The van der Waals surface area contributed by atoms with Gasteiger partial charge in [-0.25, -0.2) is 0 Å². The van der Waals surface area contributed by atoms with Crippen LogP contribution in [-0.2, 0) is 0 Å². The minimum absolute atomic E-state index is 0.178. The number of hydrogen-bond acceptors (Lipinski definition) is 1. The van der Waals surface area contributed by atoms with Crippen LogP contribution in [-0.4, -0.2) is 6.10 Å². The molecule has 1 saturated carbocycles. The monoisotopic (exact) mass is 200 g/mol. The van der Waals surface area contributed by atoms with Crippen LogP contribution in [0.25, 0.3) is 0 Å². The fourth-order valence-corrected chi connectivity index (χ4v) is 1.75. The highest BCUT2D eigenvalue weighted by molar-refractivity contribution is 5.52. The molecule has 1 heteroatoms. The van der Waals surface area contributed by atoms with E-state index in [1.54, 1.807) is 0 Å². The van der Waals surface area contributed by atoms with Gasteiger partial charge < -0.3 is 4.74 Å². The van der Waals surface area contributed by atoms with E-state index < -0.39 is 0 Å². The van der Waals surface area contributed by atoms with Gasteiger partial charge in [-0.15, -0.1) is 6.42 Å². The van der Waals surface area contributed by atoms with Gasteiger partial charge in [-0.05, 0) is 44.2 Å². The van der Waals surface area contributed by atoms with Gasteiger partial charge in [0, 0.05) is 0 Å². The quantitative estimate of drug-likeness (QED) is 0.680. The molecule has 0 aliphatic heterocycles. The Hall–Kier alpha value is -1.42. The van der Waals surface area contributed by atoms with Crippen LogP contribution in [0.1, 0.15) is 43.7 Å². The first-order valence-electron chi connectivity index (χ1n) is 5.48. The van der Waals surface area contributed by atoms with E-state index in [1.807, 2.05) is 26.0 Å². The molecule has 0 unspecified atom stereocenters. The van der Waals surface area contributed by atoms with Gasteiger partial charge in [-0.1, -0.05) is 18.1 Å². The molecule has 0 amide bonds. The minimum Gasteiger partial charge on any atom is -0.489 e. The largest absolute Gasteiger partial charge is 0.489 e. The molecule has 0 spiro atoms. The van der Waals surface area contributed by atoms with Crippen molar-refractivity contribution in [2.24, 2.45) is 0 Å². The first-order valence-corrected chi connectivity index (χ1v) is 5.48. The summed E-state index contributed by atoms with van der Waals surface area (Å²) in [5.74, 6) is 4.30. The SMILES string of the molecule is C#Cc1cccc(C2CC2)c1OC(C)C. The van der Waals surface area contributed by atoms with Crippen LogP contribution in [0.5, 0.6) is 5.75 Å².